The number of nitrogens with one attached hydrogen (secondary N) is 1. The molecule has 4 nitrogen and oxygen atoms in total. The van der Waals surface area contributed by atoms with Gasteiger partial charge in [-0.15, -0.1) is 0 Å². The van der Waals surface area contributed by atoms with Crippen molar-refractivity contribution >= 4 is 17.3 Å². The molecule has 1 aliphatic rings. The van der Waals surface area contributed by atoms with Crippen molar-refractivity contribution < 1.29 is 0 Å². The Kier molecular flexibility index (Phi) is 3.68. The van der Waals surface area contributed by atoms with Gasteiger partial charge in [0.2, 0.25) is 0 Å². The van der Waals surface area contributed by atoms with Crippen LogP contribution < -0.4 is 5.32 Å². The van der Waals surface area contributed by atoms with Crippen LogP contribution >= 0.6 is 12.2 Å². The molecule has 0 amide bonds. The van der Waals surface area contributed by atoms with Gasteiger partial charge in [-0.2, -0.15) is 0 Å². The first-order valence-corrected chi connectivity index (χ1v) is 7.60. The summed E-state index contributed by atoms with van der Waals surface area (Å²) in [5.41, 5.74) is 2.28. The molecule has 1 N–H and O–H groups in total. The van der Waals surface area contributed by atoms with Gasteiger partial charge in [0.25, 0.3) is 0 Å². The van der Waals surface area contributed by atoms with Crippen LogP contribution in [0.25, 0.3) is 0 Å². The molecule has 1 fully saturated rings. The molecular weight excluding hydrogens is 280 g/mol. The summed E-state index contributed by atoms with van der Waals surface area (Å²) in [6.45, 7) is 4.36. The zero-order valence-electron chi connectivity index (χ0n) is 12.5. The summed E-state index contributed by atoms with van der Waals surface area (Å²) in [5, 5.41) is 4.16. The number of rotatable bonds is 3. The van der Waals surface area contributed by atoms with E-state index < -0.39 is 0 Å². The number of likely N-dealkylation sites (N-methyl/N-ethyl adjacent to an activating group) is 1. The Bertz CT molecular complexity index is 635. The molecule has 1 aliphatic heterocycles. The second-order valence-corrected chi connectivity index (χ2v) is 6.11. The van der Waals surface area contributed by atoms with Crippen LogP contribution in [-0.4, -0.2) is 26.6 Å². The van der Waals surface area contributed by atoms with Crippen molar-refractivity contribution in [2.24, 2.45) is 0 Å². The molecule has 0 saturated carbocycles. The second-order valence-electron chi connectivity index (χ2n) is 5.72. The number of hydrogen-bond donors (Lipinski definition) is 1. The van der Waals surface area contributed by atoms with E-state index in [0.717, 1.165) is 10.8 Å². The molecule has 0 spiro atoms. The highest BCUT2D eigenvalue weighted by molar-refractivity contribution is 7.80. The quantitative estimate of drug-likeness (QED) is 0.883. The van der Waals surface area contributed by atoms with E-state index in [4.69, 9.17) is 12.2 Å². The van der Waals surface area contributed by atoms with E-state index in [2.05, 4.69) is 52.1 Å². The van der Waals surface area contributed by atoms with Crippen molar-refractivity contribution in [3.8, 4) is 0 Å². The van der Waals surface area contributed by atoms with Crippen LogP contribution in [0.15, 0.2) is 42.9 Å². The summed E-state index contributed by atoms with van der Waals surface area (Å²) in [5.74, 6) is 0. The van der Waals surface area contributed by atoms with E-state index in [-0.39, 0.29) is 12.1 Å². The number of nitrogens with zero attached hydrogens (tertiary/aromatic N) is 3. The van der Waals surface area contributed by atoms with Gasteiger partial charge in [-0.05, 0) is 49.8 Å². The van der Waals surface area contributed by atoms with Crippen LogP contribution in [0.1, 0.15) is 43.2 Å². The van der Waals surface area contributed by atoms with Crippen molar-refractivity contribution in [3.05, 3.63) is 54.1 Å². The Morgan fingerprint density at radius 1 is 1.29 bits per heavy atom. The van der Waals surface area contributed by atoms with Crippen LogP contribution in [-0.2, 0) is 0 Å². The maximum atomic E-state index is 5.43. The van der Waals surface area contributed by atoms with E-state index in [1.807, 2.05) is 31.4 Å². The number of thiocarbonyl (C=S) groups is 1. The van der Waals surface area contributed by atoms with Gasteiger partial charge in [0.05, 0.1) is 17.8 Å². The van der Waals surface area contributed by atoms with Crippen LogP contribution in [0, 0.1) is 0 Å². The van der Waals surface area contributed by atoms with Crippen molar-refractivity contribution in [3.63, 3.8) is 0 Å². The zero-order chi connectivity index (χ0) is 15.0. The molecule has 0 aliphatic carbocycles. The maximum Gasteiger partial charge on any atom is 0.169 e. The number of aromatic nitrogens is 2. The van der Waals surface area contributed by atoms with E-state index in [9.17, 15) is 0 Å². The summed E-state index contributed by atoms with van der Waals surface area (Å²) in [6.07, 6.45) is 6.16. The van der Waals surface area contributed by atoms with Crippen LogP contribution in [0.3, 0.4) is 0 Å². The van der Waals surface area contributed by atoms with Gasteiger partial charge in [-0.25, -0.2) is 0 Å². The first kappa shape index (κ1) is 14.1. The molecule has 0 bridgehead atoms. The molecule has 3 rings (SSSR count). The third-order valence-electron chi connectivity index (χ3n) is 4.01. The molecule has 0 radical (unpaired) electrons. The average molecular weight is 300 g/mol. The van der Waals surface area contributed by atoms with Gasteiger partial charge in [-0.3, -0.25) is 4.98 Å². The highest BCUT2D eigenvalue weighted by Gasteiger charge is 2.37. The van der Waals surface area contributed by atoms with Gasteiger partial charge >= 0.3 is 0 Å². The first-order valence-electron chi connectivity index (χ1n) is 7.19. The van der Waals surface area contributed by atoms with Crippen molar-refractivity contribution in [1.29, 1.82) is 0 Å². The SMILES string of the molecule is CC(C)n1ccc([C@@H]2[C@@H](c3ccccn3)NC(=S)N2C)c1. The smallest absolute Gasteiger partial charge is 0.169 e. The average Bonchev–Trinajstić information content (AvgIpc) is 3.06. The predicted octanol–water partition coefficient (Wildman–Crippen LogP) is 3.07. The van der Waals surface area contributed by atoms with Gasteiger partial charge in [0.15, 0.2) is 5.11 Å². The molecule has 1 saturated heterocycles. The standard InChI is InChI=1S/C16H20N4S/c1-11(2)20-9-7-12(10-20)15-14(18-16(21)19(15)3)13-6-4-5-8-17-13/h4-11,14-15H,1-3H3,(H,18,21)/t14-,15-/m1/s1. The van der Waals surface area contributed by atoms with E-state index >= 15 is 0 Å². The summed E-state index contributed by atoms with van der Waals surface area (Å²) in [4.78, 5) is 6.61. The summed E-state index contributed by atoms with van der Waals surface area (Å²) >= 11 is 5.43. The minimum absolute atomic E-state index is 0.0895. The fourth-order valence-electron chi connectivity index (χ4n) is 2.80. The fraction of sp³-hybridized carbons (Fsp3) is 0.375. The lowest BCUT2D eigenvalue weighted by atomic mass is 9.99. The zero-order valence-corrected chi connectivity index (χ0v) is 13.3. The fourth-order valence-corrected chi connectivity index (χ4v) is 3.04. The van der Waals surface area contributed by atoms with E-state index in [1.165, 1.54) is 5.56 Å². The van der Waals surface area contributed by atoms with Gasteiger partial charge in [-0.1, -0.05) is 6.07 Å². The second kappa shape index (κ2) is 5.48. The minimum Gasteiger partial charge on any atom is -0.352 e. The minimum atomic E-state index is 0.0895. The molecule has 3 heterocycles. The van der Waals surface area contributed by atoms with Crippen molar-refractivity contribution in [2.75, 3.05) is 7.05 Å². The lowest BCUT2D eigenvalue weighted by Crippen LogP contribution is -2.24. The molecule has 110 valence electrons. The lowest BCUT2D eigenvalue weighted by molar-refractivity contribution is 0.368. The number of pyridine rings is 1. The van der Waals surface area contributed by atoms with Crippen LogP contribution in [0.5, 0.6) is 0 Å². The molecule has 21 heavy (non-hydrogen) atoms. The third kappa shape index (κ3) is 2.53. The van der Waals surface area contributed by atoms with Gasteiger partial charge in [0, 0.05) is 31.7 Å². The summed E-state index contributed by atoms with van der Waals surface area (Å²) < 4.78 is 2.22. The molecule has 2 aromatic rings. The Morgan fingerprint density at radius 2 is 2.10 bits per heavy atom. The van der Waals surface area contributed by atoms with Crippen LogP contribution in [0.2, 0.25) is 0 Å². The monoisotopic (exact) mass is 300 g/mol. The highest BCUT2D eigenvalue weighted by atomic mass is 32.1. The maximum absolute atomic E-state index is 5.43. The van der Waals surface area contributed by atoms with Crippen LogP contribution in [0.4, 0.5) is 0 Å². The Hall–Kier alpha value is -1.88. The Balaban J connectivity index is 1.98. The molecule has 0 aromatic carbocycles. The van der Waals surface area contributed by atoms with Gasteiger partial charge < -0.3 is 14.8 Å². The topological polar surface area (TPSA) is 33.1 Å². The predicted molar refractivity (Wildman–Crippen MR) is 88.0 cm³/mol. The highest BCUT2D eigenvalue weighted by Crippen LogP contribution is 2.37. The normalized spacial score (nSPS) is 21.9. The van der Waals surface area contributed by atoms with Crippen molar-refractivity contribution in [1.82, 2.24) is 19.8 Å². The Morgan fingerprint density at radius 3 is 2.71 bits per heavy atom. The molecule has 5 heteroatoms. The van der Waals surface area contributed by atoms with Crippen molar-refractivity contribution in [2.45, 2.75) is 32.0 Å². The molecule has 2 atom stereocenters. The largest absolute Gasteiger partial charge is 0.352 e. The molecular formula is C16H20N4S. The first-order chi connectivity index (χ1) is 10.1. The Labute approximate surface area is 130 Å². The van der Waals surface area contributed by atoms with E-state index in [0.29, 0.717) is 6.04 Å². The third-order valence-corrected chi connectivity index (χ3v) is 4.42. The molecule has 2 aromatic heterocycles. The summed E-state index contributed by atoms with van der Waals surface area (Å²) in [6, 6.07) is 8.89. The summed E-state index contributed by atoms with van der Waals surface area (Å²) in [7, 11) is 2.04. The van der Waals surface area contributed by atoms with E-state index in [1.54, 1.807) is 0 Å². The van der Waals surface area contributed by atoms with Gasteiger partial charge in [0.1, 0.15) is 0 Å². The lowest BCUT2D eigenvalue weighted by Gasteiger charge is -2.23. The number of hydrogen-bond acceptors (Lipinski definition) is 2. The molecule has 0 unspecified atom stereocenters.